The molecule has 0 bridgehead atoms. The number of nitrogens with zero attached hydrogens (tertiary/aromatic N) is 3. The zero-order valence-corrected chi connectivity index (χ0v) is 24.8. The molecule has 0 radical (unpaired) electrons. The van der Waals surface area contributed by atoms with Gasteiger partial charge in [-0.2, -0.15) is 4.98 Å². The first-order chi connectivity index (χ1) is 23.3. The number of hydrogen-bond acceptors (Lipinski definition) is 4. The minimum absolute atomic E-state index is 0.569. The molecule has 0 spiro atoms. The van der Waals surface area contributed by atoms with Crippen molar-refractivity contribution in [3.05, 3.63) is 127 Å². The second kappa shape index (κ2) is 8.22. The predicted octanol–water partition coefficient (Wildman–Crippen LogP) is 11.3. The van der Waals surface area contributed by atoms with E-state index in [1.165, 1.54) is 38.1 Å². The molecule has 12 rings (SSSR count). The Morgan fingerprint density at radius 2 is 1.15 bits per heavy atom. The summed E-state index contributed by atoms with van der Waals surface area (Å²) in [6.07, 6.45) is 0. The SMILES string of the molecule is c1ccc2cc(-c3nc(-n4c5ccc6cccc7c6c5c5c6c(ccc54)oc4cccc-7c46)nc4oc5ccccc5c34)ccc2c1. The summed E-state index contributed by atoms with van der Waals surface area (Å²) in [6.45, 7) is 0. The maximum Gasteiger partial charge on any atom is 0.238 e. The van der Waals surface area contributed by atoms with Crippen molar-refractivity contribution in [2.24, 2.45) is 0 Å². The molecular formula is C42H21N3O2. The number of fused-ring (bicyclic) bond motifs is 5. The third-order valence-electron chi connectivity index (χ3n) is 10.1. The van der Waals surface area contributed by atoms with Gasteiger partial charge < -0.3 is 8.83 Å². The monoisotopic (exact) mass is 599 g/mol. The first kappa shape index (κ1) is 23.9. The summed E-state index contributed by atoms with van der Waals surface area (Å²) < 4.78 is 15.2. The Morgan fingerprint density at radius 3 is 2.09 bits per heavy atom. The smallest absolute Gasteiger partial charge is 0.238 e. The predicted molar refractivity (Wildman–Crippen MR) is 190 cm³/mol. The molecule has 0 unspecified atom stereocenters. The molecule has 0 saturated carbocycles. The van der Waals surface area contributed by atoms with Crippen LogP contribution in [0.3, 0.4) is 0 Å². The highest BCUT2D eigenvalue weighted by Crippen LogP contribution is 2.50. The molecule has 7 aromatic carbocycles. The van der Waals surface area contributed by atoms with Gasteiger partial charge in [0.15, 0.2) is 0 Å². The Labute approximate surface area is 265 Å². The third-order valence-corrected chi connectivity index (χ3v) is 10.1. The van der Waals surface area contributed by atoms with Crippen LogP contribution in [0.5, 0.6) is 0 Å². The Balaban J connectivity index is 1.28. The van der Waals surface area contributed by atoms with Crippen molar-refractivity contribution in [3.63, 3.8) is 0 Å². The van der Waals surface area contributed by atoms with Crippen LogP contribution in [0.4, 0.5) is 0 Å². The van der Waals surface area contributed by atoms with E-state index in [1.54, 1.807) is 0 Å². The minimum atomic E-state index is 0.569. The van der Waals surface area contributed by atoms with E-state index >= 15 is 0 Å². The van der Waals surface area contributed by atoms with Crippen molar-refractivity contribution in [1.82, 2.24) is 14.5 Å². The minimum Gasteiger partial charge on any atom is -0.456 e. The lowest BCUT2D eigenvalue weighted by Gasteiger charge is -2.12. The van der Waals surface area contributed by atoms with Gasteiger partial charge >= 0.3 is 0 Å². The Kier molecular flexibility index (Phi) is 4.17. The lowest BCUT2D eigenvalue weighted by atomic mass is 9.95. The van der Waals surface area contributed by atoms with Crippen LogP contribution >= 0.6 is 0 Å². The number of furan rings is 2. The molecule has 0 aliphatic heterocycles. The first-order valence-corrected chi connectivity index (χ1v) is 15.8. The van der Waals surface area contributed by atoms with Gasteiger partial charge in [0.1, 0.15) is 16.7 Å². The third kappa shape index (κ3) is 2.90. The fourth-order valence-corrected chi connectivity index (χ4v) is 8.20. The fraction of sp³-hybridized carbons (Fsp3) is 0. The summed E-state index contributed by atoms with van der Waals surface area (Å²) in [5.74, 6) is 0.574. The lowest BCUT2D eigenvalue weighted by Crippen LogP contribution is -2.03. The Morgan fingerprint density at radius 1 is 0.447 bits per heavy atom. The van der Waals surface area contributed by atoms with E-state index in [9.17, 15) is 0 Å². The van der Waals surface area contributed by atoms with Crippen LogP contribution in [0.15, 0.2) is 136 Å². The molecule has 47 heavy (non-hydrogen) atoms. The largest absolute Gasteiger partial charge is 0.456 e. The average Bonchev–Trinajstić information content (AvgIpc) is 3.77. The molecule has 1 aliphatic rings. The normalized spacial score (nSPS) is 12.7. The second-order valence-corrected chi connectivity index (χ2v) is 12.5. The van der Waals surface area contributed by atoms with Crippen LogP contribution in [-0.2, 0) is 0 Å². The quantitative estimate of drug-likeness (QED) is 0.198. The zero-order valence-electron chi connectivity index (χ0n) is 24.8. The summed E-state index contributed by atoms with van der Waals surface area (Å²) in [4.78, 5) is 10.6. The van der Waals surface area contributed by atoms with Crippen molar-refractivity contribution in [2.45, 2.75) is 0 Å². The molecule has 5 heteroatoms. The molecule has 0 fully saturated rings. The van der Waals surface area contributed by atoms with Gasteiger partial charge in [-0.1, -0.05) is 91.0 Å². The zero-order chi connectivity index (χ0) is 30.4. The van der Waals surface area contributed by atoms with Gasteiger partial charge in [-0.25, -0.2) is 4.98 Å². The number of hydrogen-bond donors (Lipinski definition) is 0. The van der Waals surface area contributed by atoms with Crippen LogP contribution in [-0.4, -0.2) is 14.5 Å². The molecule has 0 saturated heterocycles. The molecule has 0 amide bonds. The highest BCUT2D eigenvalue weighted by molar-refractivity contribution is 6.38. The number of benzene rings is 7. The van der Waals surface area contributed by atoms with Crippen molar-refractivity contribution in [2.75, 3.05) is 0 Å². The molecule has 4 heterocycles. The van der Waals surface area contributed by atoms with E-state index in [2.05, 4.69) is 114 Å². The van der Waals surface area contributed by atoms with Crippen LogP contribution in [0, 0.1) is 0 Å². The Hall–Kier alpha value is -6.46. The molecule has 216 valence electrons. The maximum absolute atomic E-state index is 6.48. The first-order valence-electron chi connectivity index (χ1n) is 15.8. The summed E-state index contributed by atoms with van der Waals surface area (Å²) >= 11 is 0. The highest BCUT2D eigenvalue weighted by atomic mass is 16.3. The van der Waals surface area contributed by atoms with E-state index in [4.69, 9.17) is 18.8 Å². The summed E-state index contributed by atoms with van der Waals surface area (Å²) in [7, 11) is 0. The molecule has 0 atom stereocenters. The summed E-state index contributed by atoms with van der Waals surface area (Å²) in [5.41, 5.74) is 9.51. The number of aromatic nitrogens is 3. The van der Waals surface area contributed by atoms with Gasteiger partial charge in [-0.3, -0.25) is 4.57 Å². The van der Waals surface area contributed by atoms with Gasteiger partial charge in [-0.05, 0) is 69.1 Å². The fourth-order valence-electron chi connectivity index (χ4n) is 8.20. The topological polar surface area (TPSA) is 57.0 Å². The van der Waals surface area contributed by atoms with E-state index in [0.717, 1.165) is 66.0 Å². The molecular weight excluding hydrogens is 578 g/mol. The van der Waals surface area contributed by atoms with Gasteiger partial charge in [0.2, 0.25) is 11.7 Å². The van der Waals surface area contributed by atoms with Crippen LogP contribution in [0.25, 0.3) is 116 Å². The van der Waals surface area contributed by atoms with E-state index in [0.29, 0.717) is 11.7 Å². The van der Waals surface area contributed by atoms with Crippen molar-refractivity contribution in [3.8, 4) is 28.3 Å². The van der Waals surface area contributed by atoms with Crippen molar-refractivity contribution < 1.29 is 8.83 Å². The van der Waals surface area contributed by atoms with E-state index in [-0.39, 0.29) is 0 Å². The van der Waals surface area contributed by atoms with Crippen LogP contribution in [0.2, 0.25) is 0 Å². The molecule has 11 aromatic rings. The van der Waals surface area contributed by atoms with Crippen LogP contribution < -0.4 is 0 Å². The second-order valence-electron chi connectivity index (χ2n) is 12.5. The van der Waals surface area contributed by atoms with E-state index < -0.39 is 0 Å². The number of para-hydroxylation sites is 1. The van der Waals surface area contributed by atoms with Crippen LogP contribution in [0.1, 0.15) is 0 Å². The highest BCUT2D eigenvalue weighted by Gasteiger charge is 2.28. The van der Waals surface area contributed by atoms with E-state index in [1.807, 2.05) is 18.2 Å². The maximum atomic E-state index is 6.48. The van der Waals surface area contributed by atoms with Crippen molar-refractivity contribution in [1.29, 1.82) is 0 Å². The summed E-state index contributed by atoms with van der Waals surface area (Å²) in [6, 6.07) is 44.8. The molecule has 5 nitrogen and oxygen atoms in total. The standard InChI is InChI=1S/C42H21N3O2/c1-2-8-24-21-25(16-15-22(24)7-1)40-36-28-10-3-4-13-31(28)47-41(36)44-42(43-40)45-29-18-17-23-9-5-11-26-27-12-6-14-32-35(27)39-33(46-32)20-19-30(45)38(39)37(29)34(23)26/h1-21H. The van der Waals surface area contributed by atoms with Gasteiger partial charge in [0, 0.05) is 32.5 Å². The number of rotatable bonds is 2. The van der Waals surface area contributed by atoms with Gasteiger partial charge in [-0.15, -0.1) is 0 Å². The van der Waals surface area contributed by atoms with Gasteiger partial charge in [0.25, 0.3) is 0 Å². The molecule has 1 aliphatic carbocycles. The Bertz CT molecular complexity index is 3200. The van der Waals surface area contributed by atoms with Gasteiger partial charge in [0.05, 0.1) is 22.1 Å². The molecule has 4 aromatic heterocycles. The average molecular weight is 600 g/mol. The summed E-state index contributed by atoms with van der Waals surface area (Å²) in [5, 5.41) is 11.4. The lowest BCUT2D eigenvalue weighted by molar-refractivity contribution is 0.651. The molecule has 0 N–H and O–H groups in total. The van der Waals surface area contributed by atoms with Crippen molar-refractivity contribution >= 4 is 87.4 Å².